The second-order valence-corrected chi connectivity index (χ2v) is 10.2. The SMILES string of the molecule is Cc1cccc(S(=O)(=O)N2C[C@H](CCC(=O)O)Oc3ccc(-c4cc(F)cc(Cl)c4)cc32)c1. The molecule has 4 rings (SSSR count). The summed E-state index contributed by atoms with van der Waals surface area (Å²) in [5.74, 6) is -1.20. The average Bonchev–Trinajstić information content (AvgIpc) is 2.76. The Kier molecular flexibility index (Phi) is 6.32. The number of carbonyl (C=O) groups is 1. The standard InChI is InChI=1S/C24H21ClFNO5S/c1-15-3-2-4-21(9-15)33(30,31)27-14-20(6-8-24(28)29)32-23-7-5-16(12-22(23)27)17-10-18(25)13-19(26)11-17/h2-5,7,9-13,20H,6,8,14H2,1H3,(H,28,29)/t20-/m0/s1. The number of sulfonamides is 1. The number of benzene rings is 3. The van der Waals surface area contributed by atoms with Crippen molar-refractivity contribution in [2.45, 2.75) is 30.8 Å². The lowest BCUT2D eigenvalue weighted by molar-refractivity contribution is -0.137. The highest BCUT2D eigenvalue weighted by Gasteiger charge is 2.35. The van der Waals surface area contributed by atoms with E-state index in [0.29, 0.717) is 22.6 Å². The van der Waals surface area contributed by atoms with Crippen LogP contribution in [0, 0.1) is 12.7 Å². The monoisotopic (exact) mass is 489 g/mol. The first-order valence-corrected chi connectivity index (χ1v) is 12.0. The number of halogens is 2. The van der Waals surface area contributed by atoms with Crippen LogP contribution >= 0.6 is 11.6 Å². The zero-order valence-corrected chi connectivity index (χ0v) is 19.2. The molecule has 1 heterocycles. The lowest BCUT2D eigenvalue weighted by Crippen LogP contribution is -2.43. The molecule has 3 aromatic carbocycles. The molecule has 0 saturated heterocycles. The van der Waals surface area contributed by atoms with Gasteiger partial charge >= 0.3 is 5.97 Å². The van der Waals surface area contributed by atoms with Gasteiger partial charge in [-0.1, -0.05) is 29.8 Å². The van der Waals surface area contributed by atoms with E-state index in [-0.39, 0.29) is 29.3 Å². The summed E-state index contributed by atoms with van der Waals surface area (Å²) in [6.45, 7) is 1.75. The summed E-state index contributed by atoms with van der Waals surface area (Å²) in [5.41, 5.74) is 2.13. The second-order valence-electron chi connectivity index (χ2n) is 7.87. The molecule has 0 amide bonds. The van der Waals surface area contributed by atoms with Crippen LogP contribution < -0.4 is 9.04 Å². The maximum atomic E-state index is 13.9. The Morgan fingerprint density at radius 3 is 2.64 bits per heavy atom. The minimum Gasteiger partial charge on any atom is -0.486 e. The predicted molar refractivity (Wildman–Crippen MR) is 124 cm³/mol. The fourth-order valence-electron chi connectivity index (χ4n) is 3.78. The Balaban J connectivity index is 1.81. The van der Waals surface area contributed by atoms with Gasteiger partial charge in [0.1, 0.15) is 17.7 Å². The summed E-state index contributed by atoms with van der Waals surface area (Å²) in [7, 11) is -3.98. The van der Waals surface area contributed by atoms with Gasteiger partial charge in [-0.2, -0.15) is 0 Å². The minimum atomic E-state index is -3.98. The Morgan fingerprint density at radius 2 is 1.94 bits per heavy atom. The van der Waals surface area contributed by atoms with E-state index in [4.69, 9.17) is 21.4 Å². The Morgan fingerprint density at radius 1 is 1.15 bits per heavy atom. The molecule has 172 valence electrons. The van der Waals surface area contributed by atoms with Gasteiger partial charge < -0.3 is 9.84 Å². The molecule has 33 heavy (non-hydrogen) atoms. The normalized spacial score (nSPS) is 15.6. The first-order valence-electron chi connectivity index (χ1n) is 10.2. The van der Waals surface area contributed by atoms with Crippen LogP contribution in [0.5, 0.6) is 5.75 Å². The third kappa shape index (κ3) is 4.96. The second kappa shape index (κ2) is 9.03. The number of carboxylic acids is 1. The number of nitrogens with zero attached hydrogens (tertiary/aromatic N) is 1. The van der Waals surface area contributed by atoms with E-state index in [1.54, 1.807) is 49.4 Å². The van der Waals surface area contributed by atoms with Crippen LogP contribution in [-0.2, 0) is 14.8 Å². The molecule has 1 atom stereocenters. The van der Waals surface area contributed by atoms with Gasteiger partial charge in [-0.05, 0) is 72.5 Å². The van der Waals surface area contributed by atoms with E-state index in [9.17, 15) is 17.6 Å². The largest absolute Gasteiger partial charge is 0.486 e. The minimum absolute atomic E-state index is 0.0517. The fourth-order valence-corrected chi connectivity index (χ4v) is 5.60. The zero-order valence-electron chi connectivity index (χ0n) is 17.7. The average molecular weight is 490 g/mol. The third-order valence-corrected chi connectivity index (χ3v) is 7.34. The van der Waals surface area contributed by atoms with Crippen molar-refractivity contribution in [1.29, 1.82) is 0 Å². The maximum absolute atomic E-state index is 13.9. The molecule has 0 bridgehead atoms. The Hall–Kier alpha value is -3.10. The van der Waals surface area contributed by atoms with Crippen molar-refractivity contribution in [2.75, 3.05) is 10.8 Å². The Labute approximate surface area is 196 Å². The first-order chi connectivity index (χ1) is 15.6. The number of carboxylic acid groups (broad SMARTS) is 1. The number of ether oxygens (including phenoxy) is 1. The van der Waals surface area contributed by atoms with Crippen LogP contribution in [-0.4, -0.2) is 32.1 Å². The van der Waals surface area contributed by atoms with Crippen LogP contribution in [0.2, 0.25) is 5.02 Å². The van der Waals surface area contributed by atoms with Gasteiger partial charge in [0, 0.05) is 11.4 Å². The van der Waals surface area contributed by atoms with E-state index in [2.05, 4.69) is 0 Å². The molecule has 6 nitrogen and oxygen atoms in total. The first kappa shape index (κ1) is 23.1. The van der Waals surface area contributed by atoms with E-state index in [1.807, 2.05) is 0 Å². The van der Waals surface area contributed by atoms with Gasteiger partial charge in [0.2, 0.25) is 0 Å². The molecular weight excluding hydrogens is 469 g/mol. The number of hydrogen-bond acceptors (Lipinski definition) is 4. The predicted octanol–water partition coefficient (Wildman–Crippen LogP) is 5.28. The van der Waals surface area contributed by atoms with Crippen LogP contribution in [0.15, 0.2) is 65.6 Å². The van der Waals surface area contributed by atoms with Crippen molar-refractivity contribution in [2.24, 2.45) is 0 Å². The van der Waals surface area contributed by atoms with Gasteiger partial charge in [-0.15, -0.1) is 0 Å². The quantitative estimate of drug-likeness (QED) is 0.509. The van der Waals surface area contributed by atoms with Gasteiger partial charge in [-0.3, -0.25) is 9.10 Å². The summed E-state index contributed by atoms with van der Waals surface area (Å²) < 4.78 is 48.3. The van der Waals surface area contributed by atoms with Crippen molar-refractivity contribution in [1.82, 2.24) is 0 Å². The third-order valence-electron chi connectivity index (χ3n) is 5.34. The van der Waals surface area contributed by atoms with Crippen molar-refractivity contribution in [3.8, 4) is 16.9 Å². The zero-order chi connectivity index (χ0) is 23.8. The Bertz CT molecular complexity index is 1310. The van der Waals surface area contributed by atoms with Crippen molar-refractivity contribution < 1.29 is 27.4 Å². The van der Waals surface area contributed by atoms with E-state index >= 15 is 0 Å². The van der Waals surface area contributed by atoms with Crippen molar-refractivity contribution in [3.05, 3.63) is 77.1 Å². The van der Waals surface area contributed by atoms with Gasteiger partial charge in [-0.25, -0.2) is 12.8 Å². The topological polar surface area (TPSA) is 83.9 Å². The molecule has 0 spiro atoms. The lowest BCUT2D eigenvalue weighted by Gasteiger charge is -2.35. The molecule has 1 N–H and O–H groups in total. The summed E-state index contributed by atoms with van der Waals surface area (Å²) in [4.78, 5) is 11.2. The molecule has 0 aliphatic carbocycles. The molecule has 1 aliphatic rings. The van der Waals surface area contributed by atoms with Crippen molar-refractivity contribution in [3.63, 3.8) is 0 Å². The number of rotatable bonds is 6. The smallest absolute Gasteiger partial charge is 0.303 e. The van der Waals surface area contributed by atoms with E-state index in [1.165, 1.54) is 22.5 Å². The summed E-state index contributed by atoms with van der Waals surface area (Å²) in [6.07, 6.45) is -0.642. The molecule has 0 saturated carbocycles. The summed E-state index contributed by atoms with van der Waals surface area (Å²) >= 11 is 6.00. The van der Waals surface area contributed by atoms with Crippen LogP contribution in [0.25, 0.3) is 11.1 Å². The number of fused-ring (bicyclic) bond motifs is 1. The van der Waals surface area contributed by atoms with E-state index < -0.39 is 27.9 Å². The molecule has 9 heteroatoms. The molecule has 1 aliphatic heterocycles. The highest BCUT2D eigenvalue weighted by atomic mass is 35.5. The van der Waals surface area contributed by atoms with E-state index in [0.717, 1.165) is 5.56 Å². The highest BCUT2D eigenvalue weighted by Crippen LogP contribution is 2.41. The van der Waals surface area contributed by atoms with Gasteiger partial charge in [0.25, 0.3) is 10.0 Å². The van der Waals surface area contributed by atoms with Gasteiger partial charge in [0.15, 0.2) is 0 Å². The molecule has 0 fully saturated rings. The number of hydrogen-bond donors (Lipinski definition) is 1. The van der Waals surface area contributed by atoms with Crippen LogP contribution in [0.4, 0.5) is 10.1 Å². The number of aryl methyl sites for hydroxylation is 1. The number of anilines is 1. The lowest BCUT2D eigenvalue weighted by atomic mass is 10.0. The van der Waals surface area contributed by atoms with Crippen LogP contribution in [0.1, 0.15) is 18.4 Å². The number of aliphatic carboxylic acids is 1. The fraction of sp³-hybridized carbons (Fsp3) is 0.208. The van der Waals surface area contributed by atoms with Crippen molar-refractivity contribution >= 4 is 33.3 Å². The molecule has 0 aromatic heterocycles. The van der Waals surface area contributed by atoms with Gasteiger partial charge in [0.05, 0.1) is 17.1 Å². The summed E-state index contributed by atoms with van der Waals surface area (Å²) in [6, 6.07) is 15.5. The summed E-state index contributed by atoms with van der Waals surface area (Å²) in [5, 5.41) is 9.27. The maximum Gasteiger partial charge on any atom is 0.303 e. The highest BCUT2D eigenvalue weighted by molar-refractivity contribution is 7.92. The molecule has 0 radical (unpaired) electrons. The molecule has 3 aromatic rings. The molecule has 0 unspecified atom stereocenters. The van der Waals surface area contributed by atoms with Crippen LogP contribution in [0.3, 0.4) is 0 Å². The molecular formula is C24H21ClFNO5S.